The number of ketones is 1. The molecule has 1 amide bonds. The smallest absolute Gasteiger partial charge is 0.255 e. The largest absolute Gasteiger partial charge is 0.395 e. The standard InChI is InChI=1S/C29H43N5O5S/c1-31(2)27-25-7-4-3-6-21(25)18-26(28(27)36)29(37)30-22-19-23-8-9-24(20-22)34(23)10-5-17-40(38,39)33-13-11-32(12-14-33)15-16-35/h3-4,6-7,18,22-24,27,35H,5,8-17,19-20H2,1-2H3,(H,30,37). The van der Waals surface area contributed by atoms with Crippen LogP contribution in [0.25, 0.3) is 6.08 Å². The molecule has 3 atom stereocenters. The fraction of sp³-hybridized carbons (Fsp3) is 0.655. The molecule has 3 unspecified atom stereocenters. The minimum atomic E-state index is -3.29. The number of piperidine rings is 1. The van der Waals surface area contributed by atoms with E-state index in [1.807, 2.05) is 43.3 Å². The third-order valence-corrected chi connectivity index (χ3v) is 11.0. The monoisotopic (exact) mass is 573 g/mol. The molecule has 2 N–H and O–H groups in total. The molecule has 0 saturated carbocycles. The SMILES string of the molecule is CN(C)C1C(=O)C(C(=O)NC2CC3CCC(C2)N3CCCS(=O)(=O)N2CCN(CCO)CC2)=Cc2ccccc21. The Morgan fingerprint density at radius 2 is 1.73 bits per heavy atom. The highest BCUT2D eigenvalue weighted by atomic mass is 32.2. The Labute approximate surface area is 238 Å². The molecule has 11 heteroatoms. The molecule has 3 aliphatic heterocycles. The number of amides is 1. The summed E-state index contributed by atoms with van der Waals surface area (Å²) in [5, 5.41) is 12.3. The highest BCUT2D eigenvalue weighted by molar-refractivity contribution is 7.89. The van der Waals surface area contributed by atoms with E-state index in [-0.39, 0.29) is 35.7 Å². The van der Waals surface area contributed by atoms with Gasteiger partial charge in [0.05, 0.1) is 24.0 Å². The van der Waals surface area contributed by atoms with Gasteiger partial charge in [0.25, 0.3) is 5.91 Å². The van der Waals surface area contributed by atoms with Gasteiger partial charge in [0.2, 0.25) is 10.0 Å². The number of Topliss-reactive ketones (excluding diaryl/α,β-unsaturated/α-hetero) is 1. The first-order valence-corrected chi connectivity index (χ1v) is 16.2. The molecule has 1 aromatic rings. The zero-order valence-electron chi connectivity index (χ0n) is 23.7. The Hall–Kier alpha value is -2.15. The number of fused-ring (bicyclic) bond motifs is 3. The van der Waals surface area contributed by atoms with E-state index in [0.717, 1.165) is 43.4 Å². The van der Waals surface area contributed by atoms with Crippen LogP contribution < -0.4 is 5.32 Å². The number of hydrogen-bond donors (Lipinski definition) is 2. The molecular weight excluding hydrogens is 530 g/mol. The second-order valence-electron chi connectivity index (χ2n) is 11.8. The topological polar surface area (TPSA) is 113 Å². The van der Waals surface area contributed by atoms with Crippen molar-refractivity contribution in [2.24, 2.45) is 0 Å². The Morgan fingerprint density at radius 1 is 1.05 bits per heavy atom. The predicted octanol–water partition coefficient (Wildman–Crippen LogP) is 0.697. The number of β-amino-alcohol motifs (C(OH)–C–C–N with tert-alkyl or cyclic N) is 1. The van der Waals surface area contributed by atoms with Crippen molar-refractivity contribution in [1.29, 1.82) is 0 Å². The van der Waals surface area contributed by atoms with Crippen molar-refractivity contribution in [3.8, 4) is 0 Å². The molecule has 1 aliphatic carbocycles. The van der Waals surface area contributed by atoms with Gasteiger partial charge in [0.1, 0.15) is 0 Å². The van der Waals surface area contributed by atoms with Crippen LogP contribution in [0.3, 0.4) is 0 Å². The molecule has 3 fully saturated rings. The van der Waals surface area contributed by atoms with Crippen molar-refractivity contribution in [3.05, 3.63) is 41.0 Å². The number of benzene rings is 1. The molecule has 0 radical (unpaired) electrons. The molecule has 1 aromatic carbocycles. The normalized spacial score (nSPS) is 28.0. The van der Waals surface area contributed by atoms with E-state index in [4.69, 9.17) is 5.11 Å². The highest BCUT2D eigenvalue weighted by Crippen LogP contribution is 2.37. The predicted molar refractivity (Wildman–Crippen MR) is 154 cm³/mol. The first-order chi connectivity index (χ1) is 19.2. The van der Waals surface area contributed by atoms with Crippen molar-refractivity contribution in [3.63, 3.8) is 0 Å². The van der Waals surface area contributed by atoms with Gasteiger partial charge in [0.15, 0.2) is 5.78 Å². The molecule has 220 valence electrons. The first kappa shape index (κ1) is 29.3. The summed E-state index contributed by atoms with van der Waals surface area (Å²) in [6.07, 6.45) is 6.05. The third-order valence-electron chi connectivity index (χ3n) is 9.04. The van der Waals surface area contributed by atoms with E-state index in [1.54, 1.807) is 10.4 Å². The Morgan fingerprint density at radius 3 is 2.38 bits per heavy atom. The Kier molecular flexibility index (Phi) is 9.08. The maximum absolute atomic E-state index is 13.3. The highest BCUT2D eigenvalue weighted by Gasteiger charge is 2.42. The zero-order chi connectivity index (χ0) is 28.4. The van der Waals surface area contributed by atoms with Crippen molar-refractivity contribution in [2.45, 2.75) is 56.3 Å². The van der Waals surface area contributed by atoms with Crippen LogP contribution in [0.1, 0.15) is 49.3 Å². The number of rotatable bonds is 10. The van der Waals surface area contributed by atoms with Crippen molar-refractivity contribution >= 4 is 27.8 Å². The lowest BCUT2D eigenvalue weighted by Gasteiger charge is -2.39. The van der Waals surface area contributed by atoms with Crippen molar-refractivity contribution < 1.29 is 23.1 Å². The number of piperazine rings is 1. The van der Waals surface area contributed by atoms with E-state index < -0.39 is 16.1 Å². The molecule has 10 nitrogen and oxygen atoms in total. The Bertz CT molecular complexity index is 1210. The maximum atomic E-state index is 13.3. The number of sulfonamides is 1. The number of carbonyl (C=O) groups excluding carboxylic acids is 2. The van der Waals surface area contributed by atoms with Gasteiger partial charge in [-0.3, -0.25) is 24.3 Å². The summed E-state index contributed by atoms with van der Waals surface area (Å²) in [5.74, 6) is -0.319. The number of hydrogen-bond acceptors (Lipinski definition) is 8. The van der Waals surface area contributed by atoms with Crippen LogP contribution in [0, 0.1) is 0 Å². The third kappa shape index (κ3) is 6.19. The van der Waals surface area contributed by atoms with Crippen LogP contribution in [-0.2, 0) is 19.6 Å². The van der Waals surface area contributed by atoms with E-state index in [9.17, 15) is 18.0 Å². The summed E-state index contributed by atoms with van der Waals surface area (Å²) in [5.41, 5.74) is 2.05. The molecule has 4 aliphatic rings. The fourth-order valence-corrected chi connectivity index (χ4v) is 8.52. The molecular formula is C29H43N5O5S. The average molecular weight is 574 g/mol. The lowest BCUT2D eigenvalue weighted by molar-refractivity contribution is -0.125. The summed E-state index contributed by atoms with van der Waals surface area (Å²) >= 11 is 0. The number of carbonyl (C=O) groups is 2. The number of likely N-dealkylation sites (N-methyl/N-ethyl adjacent to an activating group) is 1. The summed E-state index contributed by atoms with van der Waals surface area (Å²) in [4.78, 5) is 33.1. The van der Waals surface area contributed by atoms with Gasteiger partial charge in [0, 0.05) is 50.8 Å². The van der Waals surface area contributed by atoms with Crippen LogP contribution in [0.4, 0.5) is 0 Å². The quantitative estimate of drug-likeness (QED) is 0.394. The zero-order valence-corrected chi connectivity index (χ0v) is 24.5. The summed E-state index contributed by atoms with van der Waals surface area (Å²) < 4.78 is 27.4. The lowest BCUT2D eigenvalue weighted by atomic mass is 9.85. The second kappa shape index (κ2) is 12.4. The van der Waals surface area contributed by atoms with E-state index >= 15 is 0 Å². The van der Waals surface area contributed by atoms with Gasteiger partial charge < -0.3 is 10.4 Å². The Balaban J connectivity index is 1.14. The van der Waals surface area contributed by atoms with Gasteiger partial charge in [-0.15, -0.1) is 0 Å². The minimum Gasteiger partial charge on any atom is -0.395 e. The molecule has 40 heavy (non-hydrogen) atoms. The van der Waals surface area contributed by atoms with Gasteiger partial charge >= 0.3 is 0 Å². The molecule has 2 bridgehead atoms. The van der Waals surface area contributed by atoms with Gasteiger partial charge in [-0.25, -0.2) is 8.42 Å². The second-order valence-corrected chi connectivity index (χ2v) is 13.9. The first-order valence-electron chi connectivity index (χ1n) is 14.6. The van der Waals surface area contributed by atoms with Crippen molar-refractivity contribution in [1.82, 2.24) is 24.3 Å². The van der Waals surface area contributed by atoms with Crippen LogP contribution in [0.2, 0.25) is 0 Å². The van der Waals surface area contributed by atoms with Gasteiger partial charge in [-0.1, -0.05) is 24.3 Å². The van der Waals surface area contributed by atoms with E-state index in [2.05, 4.69) is 15.1 Å². The van der Waals surface area contributed by atoms with Crippen LogP contribution in [-0.4, -0.2) is 128 Å². The van der Waals surface area contributed by atoms with Gasteiger partial charge in [-0.05, 0) is 69.9 Å². The fourth-order valence-electron chi connectivity index (χ4n) is 7.05. The summed E-state index contributed by atoms with van der Waals surface area (Å²) in [6.45, 7) is 3.71. The van der Waals surface area contributed by atoms with Gasteiger partial charge in [-0.2, -0.15) is 4.31 Å². The molecule has 5 rings (SSSR count). The lowest BCUT2D eigenvalue weighted by Crippen LogP contribution is -2.52. The molecule has 0 aromatic heterocycles. The van der Waals surface area contributed by atoms with Crippen LogP contribution in [0.15, 0.2) is 29.8 Å². The number of aliphatic hydroxyl groups is 1. The number of nitrogens with zero attached hydrogens (tertiary/aromatic N) is 4. The van der Waals surface area contributed by atoms with Crippen LogP contribution >= 0.6 is 0 Å². The van der Waals surface area contributed by atoms with Crippen molar-refractivity contribution in [2.75, 3.05) is 65.7 Å². The number of aliphatic hydroxyl groups excluding tert-OH is 1. The molecule has 3 heterocycles. The minimum absolute atomic E-state index is 0.00359. The molecule has 0 spiro atoms. The van der Waals surface area contributed by atoms with Crippen LogP contribution in [0.5, 0.6) is 0 Å². The maximum Gasteiger partial charge on any atom is 0.255 e. The molecule has 3 saturated heterocycles. The summed E-state index contributed by atoms with van der Waals surface area (Å²) in [6, 6.07) is 7.90. The number of nitrogens with one attached hydrogen (secondary N) is 1. The summed E-state index contributed by atoms with van der Waals surface area (Å²) in [7, 11) is 0.424. The average Bonchev–Trinajstić information content (AvgIpc) is 3.15. The van der Waals surface area contributed by atoms with E-state index in [0.29, 0.717) is 51.2 Å². The van der Waals surface area contributed by atoms with E-state index in [1.165, 1.54) is 0 Å².